The van der Waals surface area contributed by atoms with E-state index in [0.717, 1.165) is 22.3 Å². The van der Waals surface area contributed by atoms with Crippen LogP contribution in [0.1, 0.15) is 150 Å². The first kappa shape index (κ1) is 35.4. The summed E-state index contributed by atoms with van der Waals surface area (Å²) in [5, 5.41) is 52.4. The van der Waals surface area contributed by atoms with E-state index in [4.69, 9.17) is 0 Å². The first-order valence-corrected chi connectivity index (χ1v) is 17.3. The second-order valence-corrected chi connectivity index (χ2v) is 18.2. The Kier molecular flexibility index (Phi) is 8.77. The van der Waals surface area contributed by atoms with Crippen molar-refractivity contribution < 1.29 is 20.4 Å². The Morgan fingerprint density at radius 2 is 0.521 bits per heavy atom. The van der Waals surface area contributed by atoms with Crippen molar-refractivity contribution in [2.75, 3.05) is 0 Å². The van der Waals surface area contributed by atoms with Crippen LogP contribution in [0.25, 0.3) is 0 Å². The molecule has 0 saturated carbocycles. The summed E-state index contributed by atoms with van der Waals surface area (Å²) in [5.41, 5.74) is 8.44. The van der Waals surface area contributed by atoms with Crippen molar-refractivity contribution in [3.63, 3.8) is 0 Å². The molecule has 0 unspecified atom stereocenters. The number of phenols is 2. The lowest BCUT2D eigenvalue weighted by Crippen LogP contribution is -2.17. The highest BCUT2D eigenvalue weighted by Gasteiger charge is 2.25. The molecule has 256 valence electrons. The van der Waals surface area contributed by atoms with Gasteiger partial charge in [-0.1, -0.05) is 154 Å². The molecule has 0 radical (unpaired) electrons. The number of phenolic OH excluding ortho intramolecular Hbond substituents is 2. The van der Waals surface area contributed by atoms with Gasteiger partial charge in [-0.25, -0.2) is 0 Å². The molecule has 4 aromatic rings. The number of hydrogen-bond donors (Lipinski definition) is 2. The van der Waals surface area contributed by atoms with E-state index in [1.54, 1.807) is 0 Å². The van der Waals surface area contributed by atoms with Crippen molar-refractivity contribution in [3.8, 4) is 23.0 Å². The third-order valence-electron chi connectivity index (χ3n) is 10.0. The van der Waals surface area contributed by atoms with Crippen molar-refractivity contribution in [2.24, 2.45) is 0 Å². The van der Waals surface area contributed by atoms with Gasteiger partial charge in [0.05, 0.1) is 0 Å². The fourth-order valence-corrected chi connectivity index (χ4v) is 6.65. The lowest BCUT2D eigenvalue weighted by Gasteiger charge is -2.30. The fourth-order valence-electron chi connectivity index (χ4n) is 6.65. The molecular formula is C44H54O4-2. The van der Waals surface area contributed by atoms with Gasteiger partial charge in [0.2, 0.25) is 0 Å². The molecule has 0 amide bonds. The summed E-state index contributed by atoms with van der Waals surface area (Å²) in [6.45, 7) is 25.7. The lowest BCUT2D eigenvalue weighted by atomic mass is 9.79. The largest absolute Gasteiger partial charge is 0.872 e. The summed E-state index contributed by atoms with van der Waals surface area (Å²) in [7, 11) is 0. The van der Waals surface area contributed by atoms with Crippen LogP contribution >= 0.6 is 0 Å². The van der Waals surface area contributed by atoms with Crippen molar-refractivity contribution in [3.05, 3.63) is 115 Å². The molecule has 2 N–H and O–H groups in total. The van der Waals surface area contributed by atoms with Crippen LogP contribution in [-0.4, -0.2) is 10.2 Å². The molecule has 0 aliphatic heterocycles. The molecule has 48 heavy (non-hydrogen) atoms. The van der Waals surface area contributed by atoms with Crippen molar-refractivity contribution in [1.29, 1.82) is 0 Å². The lowest BCUT2D eigenvalue weighted by molar-refractivity contribution is -0.271. The van der Waals surface area contributed by atoms with E-state index in [2.05, 4.69) is 83.1 Å². The van der Waals surface area contributed by atoms with E-state index in [9.17, 15) is 20.4 Å². The molecule has 0 heterocycles. The van der Waals surface area contributed by atoms with Gasteiger partial charge < -0.3 is 20.4 Å². The monoisotopic (exact) mass is 646 g/mol. The Balaban J connectivity index is 1.89. The Labute approximate surface area is 288 Å². The molecule has 1 aliphatic carbocycles. The topological polar surface area (TPSA) is 86.6 Å². The smallest absolute Gasteiger partial charge is 0.122 e. The molecular weight excluding hydrogens is 592 g/mol. The van der Waals surface area contributed by atoms with Crippen LogP contribution in [0.15, 0.2) is 48.5 Å². The SMILES string of the molecule is CC(C)(C)c1cc2c([O-])c(c1)Cc1cc(C(C)(C)C)cc(c1O)Cc1cc(C(C)(C)C)cc(c1O)Cc1cc(C(C)(C)C)cc(c1[O-])C2. The average Bonchev–Trinajstić information content (AvgIpc) is 2.93. The van der Waals surface area contributed by atoms with E-state index in [1.165, 1.54) is 0 Å². The first-order valence-electron chi connectivity index (χ1n) is 17.3. The van der Waals surface area contributed by atoms with E-state index in [-0.39, 0.29) is 63.9 Å². The quantitative estimate of drug-likeness (QED) is 0.176. The Morgan fingerprint density at radius 3 is 0.729 bits per heavy atom. The Hall–Kier alpha value is -3.92. The third-order valence-corrected chi connectivity index (χ3v) is 10.0. The van der Waals surface area contributed by atoms with Gasteiger partial charge in [-0.05, 0) is 72.6 Å². The summed E-state index contributed by atoms with van der Waals surface area (Å²) >= 11 is 0. The second-order valence-electron chi connectivity index (χ2n) is 18.2. The maximum absolute atomic E-state index is 14.3. The molecule has 4 heteroatoms. The molecule has 5 rings (SSSR count). The minimum atomic E-state index is -0.234. The van der Waals surface area contributed by atoms with Gasteiger partial charge in [-0.3, -0.25) is 0 Å². The highest BCUT2D eigenvalue weighted by Crippen LogP contribution is 2.42. The summed E-state index contributed by atoms with van der Waals surface area (Å²) in [4.78, 5) is 0. The van der Waals surface area contributed by atoms with Gasteiger partial charge >= 0.3 is 0 Å². The summed E-state index contributed by atoms with van der Waals surface area (Å²) in [5.74, 6) is 0.136. The molecule has 0 fully saturated rings. The molecule has 0 spiro atoms. The number of benzene rings is 4. The predicted octanol–water partition coefficient (Wildman–Crippen LogP) is 9.11. The van der Waals surface area contributed by atoms with E-state index >= 15 is 0 Å². The fraction of sp³-hybridized carbons (Fsp3) is 0.455. The second kappa shape index (κ2) is 11.9. The van der Waals surface area contributed by atoms with Crippen LogP contribution in [0.3, 0.4) is 0 Å². The van der Waals surface area contributed by atoms with Crippen LogP contribution < -0.4 is 10.2 Å². The summed E-state index contributed by atoms with van der Waals surface area (Å²) in [6.07, 6.45) is 1.04. The van der Waals surface area contributed by atoms with Crippen LogP contribution in [0, 0.1) is 0 Å². The molecule has 8 bridgehead atoms. The van der Waals surface area contributed by atoms with Gasteiger partial charge in [0.15, 0.2) is 0 Å². The zero-order chi connectivity index (χ0) is 35.7. The first-order chi connectivity index (χ1) is 21.9. The van der Waals surface area contributed by atoms with Gasteiger partial charge in [-0.2, -0.15) is 0 Å². The minimum absolute atomic E-state index is 0.0861. The summed E-state index contributed by atoms with van der Waals surface area (Å²) in [6, 6.07) is 16.0. The van der Waals surface area contributed by atoms with Crippen molar-refractivity contribution >= 4 is 0 Å². The Morgan fingerprint density at radius 1 is 0.354 bits per heavy atom. The minimum Gasteiger partial charge on any atom is -0.872 e. The molecule has 0 atom stereocenters. The van der Waals surface area contributed by atoms with Crippen LogP contribution in [0.4, 0.5) is 0 Å². The maximum atomic E-state index is 14.3. The Bertz CT molecular complexity index is 1510. The highest BCUT2D eigenvalue weighted by atomic mass is 16.3. The van der Waals surface area contributed by atoms with Gasteiger partial charge in [-0.15, -0.1) is 11.5 Å². The molecule has 0 aromatic heterocycles. The van der Waals surface area contributed by atoms with Crippen LogP contribution in [0.5, 0.6) is 23.0 Å². The van der Waals surface area contributed by atoms with E-state index < -0.39 is 0 Å². The molecule has 0 saturated heterocycles. The molecule has 4 aromatic carbocycles. The van der Waals surface area contributed by atoms with E-state index in [1.807, 2.05) is 48.5 Å². The van der Waals surface area contributed by atoms with Crippen LogP contribution in [-0.2, 0) is 47.3 Å². The molecule has 1 aliphatic rings. The van der Waals surface area contributed by atoms with Gasteiger partial charge in [0.1, 0.15) is 11.5 Å². The van der Waals surface area contributed by atoms with Crippen molar-refractivity contribution in [2.45, 2.75) is 130 Å². The van der Waals surface area contributed by atoms with E-state index in [0.29, 0.717) is 50.9 Å². The number of aromatic hydroxyl groups is 2. The average molecular weight is 647 g/mol. The van der Waals surface area contributed by atoms with Gasteiger partial charge in [0, 0.05) is 19.3 Å². The number of fused-ring (bicyclic) bond motifs is 8. The maximum Gasteiger partial charge on any atom is 0.122 e. The van der Waals surface area contributed by atoms with Crippen LogP contribution in [0.2, 0.25) is 0 Å². The third kappa shape index (κ3) is 7.09. The zero-order valence-electron chi connectivity index (χ0n) is 31.2. The standard InChI is InChI=1S/C44H56O4/c1-41(2,3)33-17-25-13-27-19-34(42(4,5)6)21-29(38(27)46)15-31-23-36(44(10,11)12)24-32(40(31)48)16-30-22-35(43(7,8)9)20-28(39(30)47)14-26(18-33)37(25)45/h17-24,45-48H,13-16H2,1-12H3/p-2. The number of rotatable bonds is 0. The molecule has 4 nitrogen and oxygen atoms in total. The zero-order valence-corrected chi connectivity index (χ0v) is 31.2. The van der Waals surface area contributed by atoms with Gasteiger partial charge in [0.25, 0.3) is 0 Å². The number of hydrogen-bond acceptors (Lipinski definition) is 4. The van der Waals surface area contributed by atoms with Crippen molar-refractivity contribution in [1.82, 2.24) is 0 Å². The summed E-state index contributed by atoms with van der Waals surface area (Å²) < 4.78 is 0. The highest BCUT2D eigenvalue weighted by molar-refractivity contribution is 5.58. The predicted molar refractivity (Wildman–Crippen MR) is 194 cm³/mol. The normalized spacial score (nSPS) is 14.2.